The molecule has 2 aromatic carbocycles. The first-order valence-corrected chi connectivity index (χ1v) is 6.55. The topological polar surface area (TPSA) is 44.5 Å². The monoisotopic (exact) mass is 275 g/mol. The number of ether oxygens (including phenoxy) is 2. The quantitative estimate of drug-likeness (QED) is 0.879. The SMILES string of the molecule is CCOc1ccc(C(N)COc2cccc(F)c2)cc1. The van der Waals surface area contributed by atoms with E-state index in [0.717, 1.165) is 11.3 Å². The molecule has 0 aromatic heterocycles. The van der Waals surface area contributed by atoms with E-state index in [9.17, 15) is 4.39 Å². The molecule has 0 amide bonds. The number of rotatable bonds is 6. The van der Waals surface area contributed by atoms with Crippen LogP contribution in [-0.2, 0) is 0 Å². The first-order valence-electron chi connectivity index (χ1n) is 6.55. The van der Waals surface area contributed by atoms with Gasteiger partial charge in [0.2, 0.25) is 0 Å². The van der Waals surface area contributed by atoms with Crippen molar-refractivity contribution in [3.8, 4) is 11.5 Å². The van der Waals surface area contributed by atoms with Crippen LogP contribution in [0.3, 0.4) is 0 Å². The largest absolute Gasteiger partial charge is 0.494 e. The van der Waals surface area contributed by atoms with Crippen LogP contribution in [-0.4, -0.2) is 13.2 Å². The Morgan fingerprint density at radius 3 is 2.45 bits per heavy atom. The zero-order valence-electron chi connectivity index (χ0n) is 11.4. The number of nitrogens with two attached hydrogens (primary N) is 1. The van der Waals surface area contributed by atoms with Gasteiger partial charge in [0.05, 0.1) is 12.6 Å². The second kappa shape index (κ2) is 6.91. The van der Waals surface area contributed by atoms with Crippen molar-refractivity contribution in [3.63, 3.8) is 0 Å². The van der Waals surface area contributed by atoms with Gasteiger partial charge in [-0.1, -0.05) is 18.2 Å². The second-order valence-electron chi connectivity index (χ2n) is 4.38. The Bertz CT molecular complexity index is 542. The van der Waals surface area contributed by atoms with Crippen LogP contribution in [0.2, 0.25) is 0 Å². The molecular weight excluding hydrogens is 257 g/mol. The minimum absolute atomic E-state index is 0.269. The van der Waals surface area contributed by atoms with Crippen molar-refractivity contribution < 1.29 is 13.9 Å². The van der Waals surface area contributed by atoms with Crippen molar-refractivity contribution in [1.82, 2.24) is 0 Å². The molecule has 1 atom stereocenters. The summed E-state index contributed by atoms with van der Waals surface area (Å²) < 4.78 is 23.9. The van der Waals surface area contributed by atoms with Crippen molar-refractivity contribution in [3.05, 3.63) is 59.9 Å². The molecule has 0 aliphatic carbocycles. The van der Waals surface area contributed by atoms with Gasteiger partial charge >= 0.3 is 0 Å². The average Bonchev–Trinajstić information content (AvgIpc) is 2.46. The molecule has 0 saturated heterocycles. The standard InChI is InChI=1S/C16H18FNO2/c1-2-19-14-8-6-12(7-9-14)16(18)11-20-15-5-3-4-13(17)10-15/h3-10,16H,2,11,18H2,1H3. The molecule has 0 heterocycles. The van der Waals surface area contributed by atoms with Gasteiger partial charge in [0, 0.05) is 6.07 Å². The van der Waals surface area contributed by atoms with Crippen molar-refractivity contribution in [2.24, 2.45) is 5.73 Å². The van der Waals surface area contributed by atoms with Gasteiger partial charge in [-0.2, -0.15) is 0 Å². The summed E-state index contributed by atoms with van der Waals surface area (Å²) in [6, 6.07) is 13.3. The van der Waals surface area contributed by atoms with Gasteiger partial charge in [0.15, 0.2) is 0 Å². The van der Waals surface area contributed by atoms with Gasteiger partial charge in [-0.3, -0.25) is 0 Å². The van der Waals surface area contributed by atoms with Crippen LogP contribution in [0.5, 0.6) is 11.5 Å². The number of hydrogen-bond donors (Lipinski definition) is 1. The van der Waals surface area contributed by atoms with Gasteiger partial charge in [-0.15, -0.1) is 0 Å². The van der Waals surface area contributed by atoms with Crippen LogP contribution in [0.25, 0.3) is 0 Å². The zero-order valence-corrected chi connectivity index (χ0v) is 11.4. The maximum atomic E-state index is 13.0. The molecule has 2 aromatic rings. The van der Waals surface area contributed by atoms with E-state index < -0.39 is 0 Å². The Labute approximate surface area is 118 Å². The third kappa shape index (κ3) is 3.96. The minimum atomic E-state index is -0.322. The first kappa shape index (κ1) is 14.3. The summed E-state index contributed by atoms with van der Waals surface area (Å²) in [5, 5.41) is 0. The molecule has 0 fully saturated rings. The van der Waals surface area contributed by atoms with Crippen molar-refractivity contribution >= 4 is 0 Å². The van der Waals surface area contributed by atoms with Crippen molar-refractivity contribution in [2.45, 2.75) is 13.0 Å². The summed E-state index contributed by atoms with van der Waals surface area (Å²) in [5.41, 5.74) is 6.99. The lowest BCUT2D eigenvalue weighted by atomic mass is 10.1. The van der Waals surface area contributed by atoms with Crippen LogP contribution >= 0.6 is 0 Å². The van der Waals surface area contributed by atoms with Gasteiger partial charge in [0.1, 0.15) is 23.9 Å². The normalized spacial score (nSPS) is 11.9. The fraction of sp³-hybridized carbons (Fsp3) is 0.250. The molecule has 0 spiro atoms. The van der Waals surface area contributed by atoms with E-state index in [4.69, 9.17) is 15.2 Å². The van der Waals surface area contributed by atoms with Crippen LogP contribution in [0.1, 0.15) is 18.5 Å². The molecule has 0 aliphatic rings. The van der Waals surface area contributed by atoms with E-state index >= 15 is 0 Å². The van der Waals surface area contributed by atoms with Gasteiger partial charge in [-0.05, 0) is 36.8 Å². The highest BCUT2D eigenvalue weighted by Crippen LogP contribution is 2.18. The molecular formula is C16H18FNO2. The molecule has 3 nitrogen and oxygen atoms in total. The zero-order chi connectivity index (χ0) is 14.4. The molecule has 20 heavy (non-hydrogen) atoms. The maximum absolute atomic E-state index is 13.0. The van der Waals surface area contributed by atoms with Crippen LogP contribution < -0.4 is 15.2 Å². The van der Waals surface area contributed by atoms with Gasteiger partial charge in [-0.25, -0.2) is 4.39 Å². The minimum Gasteiger partial charge on any atom is -0.494 e. The fourth-order valence-corrected chi connectivity index (χ4v) is 1.82. The molecule has 0 saturated carbocycles. The third-order valence-corrected chi connectivity index (χ3v) is 2.84. The Morgan fingerprint density at radius 2 is 1.80 bits per heavy atom. The lowest BCUT2D eigenvalue weighted by Crippen LogP contribution is -2.18. The van der Waals surface area contributed by atoms with Gasteiger partial charge in [0.25, 0.3) is 0 Å². The van der Waals surface area contributed by atoms with Gasteiger partial charge < -0.3 is 15.2 Å². The summed E-state index contributed by atoms with van der Waals surface area (Å²) >= 11 is 0. The summed E-state index contributed by atoms with van der Waals surface area (Å²) in [7, 11) is 0. The lowest BCUT2D eigenvalue weighted by Gasteiger charge is -2.14. The first-order chi connectivity index (χ1) is 9.69. The summed E-state index contributed by atoms with van der Waals surface area (Å²) in [6.45, 7) is 2.86. The molecule has 0 radical (unpaired) electrons. The van der Waals surface area contributed by atoms with Crippen molar-refractivity contribution in [1.29, 1.82) is 0 Å². The molecule has 0 aliphatic heterocycles. The van der Waals surface area contributed by atoms with Crippen LogP contribution in [0.15, 0.2) is 48.5 Å². The smallest absolute Gasteiger partial charge is 0.126 e. The van der Waals surface area contributed by atoms with E-state index in [2.05, 4.69) is 0 Å². The number of hydrogen-bond acceptors (Lipinski definition) is 3. The summed E-state index contributed by atoms with van der Waals surface area (Å²) in [4.78, 5) is 0. The highest BCUT2D eigenvalue weighted by molar-refractivity contribution is 5.29. The predicted octanol–water partition coefficient (Wildman–Crippen LogP) is 3.30. The molecule has 4 heteroatoms. The van der Waals surface area contributed by atoms with Crippen molar-refractivity contribution in [2.75, 3.05) is 13.2 Å². The molecule has 106 valence electrons. The van der Waals surface area contributed by atoms with Crippen LogP contribution in [0, 0.1) is 5.82 Å². The third-order valence-electron chi connectivity index (χ3n) is 2.84. The Morgan fingerprint density at radius 1 is 1.05 bits per heavy atom. The fourth-order valence-electron chi connectivity index (χ4n) is 1.82. The van der Waals surface area contributed by atoms with E-state index in [1.54, 1.807) is 12.1 Å². The summed E-state index contributed by atoms with van der Waals surface area (Å²) in [5.74, 6) is 0.970. The number of halogens is 1. The lowest BCUT2D eigenvalue weighted by molar-refractivity contribution is 0.289. The highest BCUT2D eigenvalue weighted by atomic mass is 19.1. The predicted molar refractivity (Wildman–Crippen MR) is 76.4 cm³/mol. The Hall–Kier alpha value is -2.07. The average molecular weight is 275 g/mol. The molecule has 1 unspecified atom stereocenters. The van der Waals surface area contributed by atoms with Crippen LogP contribution in [0.4, 0.5) is 4.39 Å². The molecule has 2 rings (SSSR count). The molecule has 2 N–H and O–H groups in total. The van der Waals surface area contributed by atoms with E-state index in [-0.39, 0.29) is 18.5 Å². The van der Waals surface area contributed by atoms with E-state index in [1.807, 2.05) is 31.2 Å². The maximum Gasteiger partial charge on any atom is 0.126 e. The van der Waals surface area contributed by atoms with E-state index in [1.165, 1.54) is 12.1 Å². The Balaban J connectivity index is 1.92. The molecule has 0 bridgehead atoms. The number of benzene rings is 2. The highest BCUT2D eigenvalue weighted by Gasteiger charge is 2.07. The summed E-state index contributed by atoms with van der Waals surface area (Å²) in [6.07, 6.45) is 0. The Kier molecular flexibility index (Phi) is 4.96. The second-order valence-corrected chi connectivity index (χ2v) is 4.38. The van der Waals surface area contributed by atoms with E-state index in [0.29, 0.717) is 12.4 Å².